The van der Waals surface area contributed by atoms with Gasteiger partial charge in [0.05, 0.1) is 5.92 Å². The molecule has 3 fully saturated rings. The number of nitrogens with zero attached hydrogens (tertiary/aromatic N) is 2. The molecule has 3 amide bonds. The van der Waals surface area contributed by atoms with Crippen molar-refractivity contribution in [3.8, 4) is 0 Å². The zero-order valence-electron chi connectivity index (χ0n) is 13.4. The van der Waals surface area contributed by atoms with E-state index in [1.165, 1.54) is 0 Å². The number of nitrogens with one attached hydrogen (secondary N) is 1. The zero-order valence-corrected chi connectivity index (χ0v) is 13.4. The van der Waals surface area contributed by atoms with Crippen LogP contribution in [0.4, 0.5) is 4.79 Å². The van der Waals surface area contributed by atoms with Crippen molar-refractivity contribution < 1.29 is 19.5 Å². The molecule has 23 heavy (non-hydrogen) atoms. The van der Waals surface area contributed by atoms with Crippen molar-refractivity contribution in [3.05, 3.63) is 0 Å². The van der Waals surface area contributed by atoms with Crippen LogP contribution in [0.3, 0.4) is 0 Å². The molecule has 2 heterocycles. The predicted molar refractivity (Wildman–Crippen MR) is 82.8 cm³/mol. The summed E-state index contributed by atoms with van der Waals surface area (Å²) in [5, 5.41) is 11.9. The molecule has 7 heteroatoms. The largest absolute Gasteiger partial charge is 0.480 e. The van der Waals surface area contributed by atoms with Gasteiger partial charge in [0.1, 0.15) is 6.04 Å². The standard InChI is InChI=1S/C16H25N3O4/c20-14(17-13(15(21)22)11-5-6-11)12-4-3-9-19(10-12)16(23)18-7-1-2-8-18/h11-13H,1-10H2,(H,17,20)(H,21,22). The number of rotatable bonds is 4. The number of urea groups is 1. The first-order valence-electron chi connectivity index (χ1n) is 8.63. The van der Waals surface area contributed by atoms with Gasteiger partial charge in [0.2, 0.25) is 5.91 Å². The van der Waals surface area contributed by atoms with Gasteiger partial charge in [-0.3, -0.25) is 4.79 Å². The van der Waals surface area contributed by atoms with E-state index in [1.807, 2.05) is 4.90 Å². The van der Waals surface area contributed by atoms with E-state index in [0.717, 1.165) is 45.2 Å². The van der Waals surface area contributed by atoms with Crippen molar-refractivity contribution in [1.82, 2.24) is 15.1 Å². The molecule has 0 aromatic carbocycles. The number of likely N-dealkylation sites (tertiary alicyclic amines) is 2. The summed E-state index contributed by atoms with van der Waals surface area (Å²) in [6.07, 6.45) is 5.32. The van der Waals surface area contributed by atoms with Crippen LogP contribution in [0.25, 0.3) is 0 Å². The van der Waals surface area contributed by atoms with Gasteiger partial charge in [-0.25, -0.2) is 9.59 Å². The van der Waals surface area contributed by atoms with Crippen LogP contribution >= 0.6 is 0 Å². The lowest BCUT2D eigenvalue weighted by Gasteiger charge is -2.35. The number of aliphatic carboxylic acids is 1. The van der Waals surface area contributed by atoms with E-state index in [1.54, 1.807) is 4.90 Å². The molecular weight excluding hydrogens is 298 g/mol. The first-order chi connectivity index (χ1) is 11.1. The van der Waals surface area contributed by atoms with Gasteiger partial charge in [0.25, 0.3) is 0 Å². The topological polar surface area (TPSA) is 90.0 Å². The Bertz CT molecular complexity index is 486. The first-order valence-corrected chi connectivity index (χ1v) is 8.63. The molecule has 3 aliphatic rings. The van der Waals surface area contributed by atoms with Crippen molar-refractivity contribution in [1.29, 1.82) is 0 Å². The molecule has 128 valence electrons. The number of carbonyl (C=O) groups is 3. The van der Waals surface area contributed by atoms with E-state index in [2.05, 4.69) is 5.32 Å². The van der Waals surface area contributed by atoms with Gasteiger partial charge in [-0.15, -0.1) is 0 Å². The molecule has 3 rings (SSSR count). The highest BCUT2D eigenvalue weighted by Gasteiger charge is 2.39. The van der Waals surface area contributed by atoms with E-state index in [-0.39, 0.29) is 23.8 Å². The molecule has 7 nitrogen and oxygen atoms in total. The Morgan fingerprint density at radius 1 is 0.957 bits per heavy atom. The molecule has 0 aromatic rings. The molecule has 2 unspecified atom stereocenters. The van der Waals surface area contributed by atoms with Crippen LogP contribution in [0, 0.1) is 11.8 Å². The second kappa shape index (κ2) is 6.76. The molecule has 0 bridgehead atoms. The number of piperidine rings is 1. The van der Waals surface area contributed by atoms with Crippen molar-refractivity contribution in [2.45, 2.75) is 44.6 Å². The van der Waals surface area contributed by atoms with Gasteiger partial charge in [0, 0.05) is 26.2 Å². The summed E-state index contributed by atoms with van der Waals surface area (Å²) >= 11 is 0. The number of carboxylic acids is 1. The van der Waals surface area contributed by atoms with Crippen molar-refractivity contribution in [2.75, 3.05) is 26.2 Å². The lowest BCUT2D eigenvalue weighted by Crippen LogP contribution is -2.52. The SMILES string of the molecule is O=C(NC(C(=O)O)C1CC1)C1CCCN(C(=O)N2CCCC2)C1. The molecule has 2 N–H and O–H groups in total. The van der Waals surface area contributed by atoms with Crippen LogP contribution in [-0.2, 0) is 9.59 Å². The van der Waals surface area contributed by atoms with Crippen molar-refractivity contribution >= 4 is 17.9 Å². The Kier molecular flexibility index (Phi) is 4.73. The molecule has 0 radical (unpaired) electrons. The Labute approximate surface area is 136 Å². The van der Waals surface area contributed by atoms with Gasteiger partial charge in [-0.2, -0.15) is 0 Å². The van der Waals surface area contributed by atoms with Gasteiger partial charge in [-0.05, 0) is 44.4 Å². The average Bonchev–Trinajstić information content (AvgIpc) is 3.24. The summed E-state index contributed by atoms with van der Waals surface area (Å²) in [6, 6.07) is -0.746. The summed E-state index contributed by atoms with van der Waals surface area (Å²) in [5.74, 6) is -1.40. The van der Waals surface area contributed by atoms with Gasteiger partial charge in [0.15, 0.2) is 0 Å². The third kappa shape index (κ3) is 3.76. The van der Waals surface area contributed by atoms with E-state index in [4.69, 9.17) is 0 Å². The molecular formula is C16H25N3O4. The number of hydrogen-bond acceptors (Lipinski definition) is 3. The maximum absolute atomic E-state index is 12.4. The predicted octanol–water partition coefficient (Wildman–Crippen LogP) is 0.894. The molecule has 1 aliphatic carbocycles. The monoisotopic (exact) mass is 323 g/mol. The van der Waals surface area contributed by atoms with Crippen molar-refractivity contribution in [2.24, 2.45) is 11.8 Å². The minimum Gasteiger partial charge on any atom is -0.480 e. The highest BCUT2D eigenvalue weighted by atomic mass is 16.4. The van der Waals surface area contributed by atoms with E-state index in [9.17, 15) is 19.5 Å². The molecule has 0 spiro atoms. The fourth-order valence-corrected chi connectivity index (χ4v) is 3.56. The Balaban J connectivity index is 1.55. The summed E-state index contributed by atoms with van der Waals surface area (Å²) in [6.45, 7) is 2.69. The molecule has 2 atom stereocenters. The van der Waals surface area contributed by atoms with Gasteiger partial charge >= 0.3 is 12.0 Å². The summed E-state index contributed by atoms with van der Waals surface area (Å²) in [7, 11) is 0. The number of carboxylic acid groups (broad SMARTS) is 1. The highest BCUT2D eigenvalue weighted by molar-refractivity contribution is 5.86. The quantitative estimate of drug-likeness (QED) is 0.804. The van der Waals surface area contributed by atoms with Gasteiger partial charge < -0.3 is 20.2 Å². The second-order valence-corrected chi connectivity index (χ2v) is 6.92. The van der Waals surface area contributed by atoms with E-state index in [0.29, 0.717) is 19.5 Å². The number of carbonyl (C=O) groups excluding carboxylic acids is 2. The van der Waals surface area contributed by atoms with E-state index >= 15 is 0 Å². The first kappa shape index (κ1) is 16.1. The van der Waals surface area contributed by atoms with Crippen LogP contribution in [0.2, 0.25) is 0 Å². The Hall–Kier alpha value is -1.79. The Morgan fingerprint density at radius 2 is 1.61 bits per heavy atom. The molecule has 1 saturated carbocycles. The molecule has 2 saturated heterocycles. The summed E-state index contributed by atoms with van der Waals surface area (Å²) in [5.41, 5.74) is 0. The minimum atomic E-state index is -0.957. The summed E-state index contributed by atoms with van der Waals surface area (Å²) < 4.78 is 0. The van der Waals surface area contributed by atoms with Crippen LogP contribution in [0.5, 0.6) is 0 Å². The maximum Gasteiger partial charge on any atom is 0.326 e. The van der Waals surface area contributed by atoms with Crippen LogP contribution < -0.4 is 5.32 Å². The number of hydrogen-bond donors (Lipinski definition) is 2. The number of amides is 3. The van der Waals surface area contributed by atoms with Crippen LogP contribution in [-0.4, -0.2) is 65.0 Å². The normalized spacial score (nSPS) is 26.0. The fraction of sp³-hybridized carbons (Fsp3) is 0.812. The highest BCUT2D eigenvalue weighted by Crippen LogP contribution is 2.33. The molecule has 2 aliphatic heterocycles. The summed E-state index contributed by atoms with van der Waals surface area (Å²) in [4.78, 5) is 39.7. The minimum absolute atomic E-state index is 0.0250. The third-order valence-corrected chi connectivity index (χ3v) is 5.10. The van der Waals surface area contributed by atoms with E-state index < -0.39 is 12.0 Å². The molecule has 0 aromatic heterocycles. The maximum atomic E-state index is 12.4. The van der Waals surface area contributed by atoms with Crippen LogP contribution in [0.15, 0.2) is 0 Å². The van der Waals surface area contributed by atoms with Crippen LogP contribution in [0.1, 0.15) is 38.5 Å². The second-order valence-electron chi connectivity index (χ2n) is 6.92. The zero-order chi connectivity index (χ0) is 16.4. The van der Waals surface area contributed by atoms with Gasteiger partial charge in [-0.1, -0.05) is 0 Å². The Morgan fingerprint density at radius 3 is 2.22 bits per heavy atom. The van der Waals surface area contributed by atoms with Crippen molar-refractivity contribution in [3.63, 3.8) is 0 Å². The lowest BCUT2D eigenvalue weighted by atomic mass is 9.96. The smallest absolute Gasteiger partial charge is 0.326 e. The average molecular weight is 323 g/mol. The fourth-order valence-electron chi connectivity index (χ4n) is 3.56. The lowest BCUT2D eigenvalue weighted by molar-refractivity contribution is -0.143. The third-order valence-electron chi connectivity index (χ3n) is 5.10.